The van der Waals surface area contributed by atoms with Gasteiger partial charge >= 0.3 is 29.6 Å². The first-order valence-corrected chi connectivity index (χ1v) is 37.3. The zero-order valence-corrected chi connectivity index (χ0v) is 59.8. The number of hydrogen-bond donors (Lipinski definition) is 7. The van der Waals surface area contributed by atoms with E-state index in [4.69, 9.17) is 25.9 Å². The van der Waals surface area contributed by atoms with E-state index >= 15 is 0 Å². The molecule has 13 nitrogen and oxygen atoms in total. The number of aryl methyl sites for hydroxylation is 2. The fraction of sp³-hybridized carbons (Fsp3) is 0.458. The molecule has 5 aliphatic carbocycles. The fourth-order valence-electron chi connectivity index (χ4n) is 20.2. The molecule has 0 aromatic heterocycles. The van der Waals surface area contributed by atoms with Crippen molar-refractivity contribution in [2.45, 2.75) is 188 Å². The second-order valence-corrected chi connectivity index (χ2v) is 32.2. The summed E-state index contributed by atoms with van der Waals surface area (Å²) < 4.78 is 58.5. The largest absolute Gasteiger partial charge is 1.00 e. The van der Waals surface area contributed by atoms with Gasteiger partial charge in [-0.05, 0) is 252 Å². The molecule has 0 radical (unpaired) electrons. The molecule has 3 fully saturated rings. The van der Waals surface area contributed by atoms with E-state index in [0.29, 0.717) is 74.7 Å². The SMILES string of the molecule is CNCc1cc2ccccc2c2c1CCc1cc(C3CC4(CCCC4)CC(O)(C(Cc4ccccc4)CC4(N=C(N)N)Oc5ccc6c(c5)CCC(C)C6CC(S(=O)(=O)[O-])C5C=C6CC(CC7CC(CO)CC#Cc8cc(O)ccc8C6O7)C5c5ccc4cc5)C3)ccc1C(O)C2.[Na+]. The van der Waals surface area contributed by atoms with Crippen molar-refractivity contribution >= 4 is 26.9 Å². The molecular weight excluding hydrogens is 1250 g/mol. The van der Waals surface area contributed by atoms with Crippen molar-refractivity contribution in [3.63, 3.8) is 0 Å². The van der Waals surface area contributed by atoms with Crippen molar-refractivity contribution in [3.8, 4) is 23.3 Å². The maximum atomic E-state index is 14.6. The molecule has 5 aliphatic heterocycles. The summed E-state index contributed by atoms with van der Waals surface area (Å²) in [6, 6.07) is 47.5. The summed E-state index contributed by atoms with van der Waals surface area (Å²) in [6.07, 6.45) is 13.0. The van der Waals surface area contributed by atoms with Crippen molar-refractivity contribution in [2.75, 3.05) is 13.7 Å². The summed E-state index contributed by atoms with van der Waals surface area (Å²) in [5, 5.41) is 53.0. The van der Waals surface area contributed by atoms with Crippen LogP contribution in [0.15, 0.2) is 156 Å². The standard InChI is InChI=1S/C83H94N4O9S.Na/c1-50-17-18-58-39-66-26-30-69(58)73(50)43-77(97(92,93)94)75-41-60-37-59(40-67-34-52(48-88)13-10-15-56-38-65(89)25-29-72(56)79(60)95-67)78(75)53-19-23-63(24-20-53)83(96-66,87-80(84)85)46-64(33-51-11-4-3-5-12-51)82(91)45-62(44-81(49-82)31-8-9-32-81)54-21-28-71-57(35-54)22-27-70-61(47-86-2)36-55-14-6-7-16-68(55)74(70)42-76(71)90;/h3-7,11-12,14,16,19-21,23-26,28-30,35-36,38-39,41,50,52,59,62,64,67,73,75-79,86,88-91H,8-9,13,17-18,22,27,31-34,37,40,42-49H2,1-2H3,(H4,84,85,87)(H,92,93,94);/q;+1/p-1. The number of aliphatic hydroxyl groups excluding tert-OH is 2. The monoisotopic (exact) mass is 1340 g/mol. The van der Waals surface area contributed by atoms with Crippen molar-refractivity contribution in [1.29, 1.82) is 0 Å². The number of nitrogens with two attached hydrogens (primary N) is 2. The van der Waals surface area contributed by atoms with E-state index in [1.54, 1.807) is 12.1 Å². The van der Waals surface area contributed by atoms with Gasteiger partial charge in [0.15, 0.2) is 5.96 Å². The van der Waals surface area contributed by atoms with Gasteiger partial charge in [0.2, 0.25) is 5.72 Å². The molecule has 1 spiro atoms. The van der Waals surface area contributed by atoms with Gasteiger partial charge in [0.25, 0.3) is 0 Å². The molecule has 2 saturated carbocycles. The molecule has 9 N–H and O–H groups in total. The molecule has 17 rings (SSSR count). The number of fused-ring (bicyclic) bond motifs is 12. The molecule has 7 aromatic carbocycles. The molecule has 5 heterocycles. The average molecular weight is 1350 g/mol. The smallest absolute Gasteiger partial charge is 0.748 e. The van der Waals surface area contributed by atoms with E-state index in [0.717, 1.165) is 102 Å². The Labute approximate surface area is 600 Å². The Morgan fingerprint density at radius 3 is 2.36 bits per heavy atom. The van der Waals surface area contributed by atoms with Gasteiger partial charge in [0.1, 0.15) is 17.6 Å². The number of aliphatic imine (C=N–C) groups is 1. The van der Waals surface area contributed by atoms with Crippen molar-refractivity contribution in [1.82, 2.24) is 5.32 Å². The Kier molecular flexibility index (Phi) is 19.6. The van der Waals surface area contributed by atoms with Crippen LogP contribution in [0.4, 0.5) is 0 Å². The summed E-state index contributed by atoms with van der Waals surface area (Å²) in [6.45, 7) is 2.81. The van der Waals surface area contributed by atoms with E-state index in [2.05, 4.69) is 127 Å². The number of phenolic OH excluding ortho intramolecular Hbond substituents is 1. The van der Waals surface area contributed by atoms with Crippen LogP contribution in [0.1, 0.15) is 199 Å². The minimum Gasteiger partial charge on any atom is -0.748 e. The number of rotatable bonds is 11. The molecular formula is C83H93N4NaO9S. The van der Waals surface area contributed by atoms with Crippen LogP contribution in [0, 0.1) is 46.8 Å². The number of hydrogen-bond acceptors (Lipinski definition) is 11. The Balaban J connectivity index is 0.00000821. The number of aromatic hydroxyl groups is 1. The zero-order chi connectivity index (χ0) is 67.0. The van der Waals surface area contributed by atoms with Crippen molar-refractivity contribution in [2.24, 2.45) is 51.5 Å². The third kappa shape index (κ3) is 13.5. The summed E-state index contributed by atoms with van der Waals surface area (Å²) in [5.74, 6) is 4.65. The quantitative estimate of drug-likeness (QED) is 0.0160. The second-order valence-electron chi connectivity index (χ2n) is 30.6. The van der Waals surface area contributed by atoms with Gasteiger partial charge < -0.3 is 51.2 Å². The predicted molar refractivity (Wildman–Crippen MR) is 379 cm³/mol. The second kappa shape index (κ2) is 27.9. The van der Waals surface area contributed by atoms with Gasteiger partial charge in [-0.25, -0.2) is 13.4 Å². The zero-order valence-electron chi connectivity index (χ0n) is 57.0. The first-order chi connectivity index (χ1) is 46.8. The molecule has 15 heteroatoms. The molecule has 98 heavy (non-hydrogen) atoms. The molecule has 14 unspecified atom stereocenters. The number of guanidine groups is 1. The van der Waals surface area contributed by atoms with Crippen LogP contribution in [-0.2, 0) is 59.2 Å². The Morgan fingerprint density at radius 1 is 0.827 bits per heavy atom. The van der Waals surface area contributed by atoms with E-state index < -0.39 is 56.7 Å². The Hall–Kier alpha value is -6.32. The van der Waals surface area contributed by atoms with E-state index in [-0.39, 0.29) is 102 Å². The van der Waals surface area contributed by atoms with Crippen molar-refractivity contribution < 1.29 is 72.4 Å². The van der Waals surface area contributed by atoms with Gasteiger partial charge in [0, 0.05) is 49.1 Å². The van der Waals surface area contributed by atoms with E-state index in [9.17, 15) is 33.4 Å². The van der Waals surface area contributed by atoms with Crippen LogP contribution in [0.25, 0.3) is 10.8 Å². The summed E-state index contributed by atoms with van der Waals surface area (Å²) >= 11 is 0. The average Bonchev–Trinajstić information content (AvgIpc) is 1.32. The third-order valence-electron chi connectivity index (χ3n) is 24.6. The van der Waals surface area contributed by atoms with Gasteiger partial charge in [0.05, 0.1) is 33.2 Å². The van der Waals surface area contributed by atoms with Crippen LogP contribution < -0.4 is 51.1 Å². The minimum atomic E-state index is -4.98. The minimum absolute atomic E-state index is 0. The third-order valence-corrected chi connectivity index (χ3v) is 25.8. The van der Waals surface area contributed by atoms with Crippen LogP contribution in [-0.4, -0.2) is 70.0 Å². The number of allylic oxidation sites excluding steroid dienone is 1. The van der Waals surface area contributed by atoms with Gasteiger partial charge in [-0.2, -0.15) is 0 Å². The number of phenols is 1. The topological polar surface area (TPSA) is 233 Å². The van der Waals surface area contributed by atoms with Crippen LogP contribution in [0.2, 0.25) is 0 Å². The molecule has 0 amide bonds. The number of nitrogens with zero attached hydrogens (tertiary/aromatic N) is 1. The number of nitrogens with one attached hydrogen (secondary N) is 1. The number of benzene rings is 7. The Bertz CT molecular complexity index is 4370. The fourth-order valence-corrected chi connectivity index (χ4v) is 21.2. The number of aliphatic hydroxyl groups is 3. The Morgan fingerprint density at radius 2 is 1.58 bits per heavy atom. The van der Waals surface area contributed by atoms with Gasteiger partial charge in [-0.3, -0.25) is 0 Å². The van der Waals surface area contributed by atoms with Crippen LogP contribution >= 0.6 is 0 Å². The van der Waals surface area contributed by atoms with E-state index in [1.165, 1.54) is 33.0 Å². The predicted octanol–water partition coefficient (Wildman–Crippen LogP) is 10.6. The van der Waals surface area contributed by atoms with Gasteiger partial charge in [-0.15, -0.1) is 0 Å². The molecule has 10 bridgehead atoms. The molecule has 7 aromatic rings. The summed E-state index contributed by atoms with van der Waals surface area (Å²) in [5.41, 5.74) is 24.5. The van der Waals surface area contributed by atoms with Crippen molar-refractivity contribution in [3.05, 3.63) is 224 Å². The van der Waals surface area contributed by atoms with E-state index in [1.807, 2.05) is 37.4 Å². The molecule has 10 aliphatic rings. The van der Waals surface area contributed by atoms with Crippen LogP contribution in [0.3, 0.4) is 0 Å². The molecule has 14 atom stereocenters. The summed E-state index contributed by atoms with van der Waals surface area (Å²) in [4.78, 5) is 5.31. The van der Waals surface area contributed by atoms with Gasteiger partial charge in [-0.1, -0.05) is 147 Å². The first-order valence-electron chi connectivity index (χ1n) is 35.8. The first kappa shape index (κ1) is 68.8. The maximum absolute atomic E-state index is 14.6. The number of ether oxygens (including phenoxy) is 2. The molecule has 1 saturated heterocycles. The van der Waals surface area contributed by atoms with Crippen LogP contribution in [0.5, 0.6) is 11.5 Å². The normalized spacial score (nSPS) is 29.5. The molecule has 506 valence electrons. The summed E-state index contributed by atoms with van der Waals surface area (Å²) in [7, 11) is -2.99. The maximum Gasteiger partial charge on any atom is 1.00 e.